The van der Waals surface area contributed by atoms with E-state index in [4.69, 9.17) is 9.72 Å². The number of rotatable bonds is 10. The number of nitrogens with zero attached hydrogens (tertiary/aromatic N) is 3. The molecular weight excluding hydrogens is 462 g/mol. The van der Waals surface area contributed by atoms with Crippen LogP contribution in [0.2, 0.25) is 0 Å². The fourth-order valence-corrected chi connectivity index (χ4v) is 5.32. The summed E-state index contributed by atoms with van der Waals surface area (Å²) >= 11 is 3.31. The molecular formula is C24H32ClN3O2S2. The van der Waals surface area contributed by atoms with E-state index in [2.05, 4.69) is 45.0 Å². The van der Waals surface area contributed by atoms with Gasteiger partial charge in [-0.1, -0.05) is 17.4 Å². The SMILES string of the molecule is COc1ccc(SCCC(=O)N(CCCN(C)C)c2nc3cc(C)cc(C)c3s2)cc1.Cl. The van der Waals surface area contributed by atoms with Gasteiger partial charge in [0.25, 0.3) is 0 Å². The van der Waals surface area contributed by atoms with E-state index in [1.165, 1.54) is 15.8 Å². The van der Waals surface area contributed by atoms with Gasteiger partial charge in [-0.05, 0) is 82.4 Å². The Labute approximate surface area is 205 Å². The Hall–Kier alpha value is -1.80. The normalized spacial score (nSPS) is 10.9. The smallest absolute Gasteiger partial charge is 0.229 e. The van der Waals surface area contributed by atoms with E-state index in [1.807, 2.05) is 29.2 Å². The van der Waals surface area contributed by atoms with Gasteiger partial charge in [-0.15, -0.1) is 24.2 Å². The second-order valence-electron chi connectivity index (χ2n) is 7.90. The number of halogens is 1. The van der Waals surface area contributed by atoms with E-state index in [-0.39, 0.29) is 18.3 Å². The average molecular weight is 494 g/mol. The standard InChI is InChI=1S/C24H31N3O2S2.ClH/c1-17-15-18(2)23-21(16-17)25-24(31-23)27(13-6-12-26(3)4)22(28)11-14-30-20-9-7-19(29-5)8-10-20;/h7-10,15-16H,6,11-14H2,1-5H3;1H. The molecule has 0 aliphatic heterocycles. The van der Waals surface area contributed by atoms with Gasteiger partial charge in [-0.3, -0.25) is 9.69 Å². The molecule has 3 rings (SSSR count). The van der Waals surface area contributed by atoms with Crippen LogP contribution in [0.4, 0.5) is 5.13 Å². The number of methoxy groups -OCH3 is 1. The molecule has 0 radical (unpaired) electrons. The number of fused-ring (bicyclic) bond motifs is 1. The van der Waals surface area contributed by atoms with Gasteiger partial charge in [-0.2, -0.15) is 0 Å². The molecule has 1 aromatic heterocycles. The number of amides is 1. The first kappa shape index (κ1) is 26.5. The van der Waals surface area contributed by atoms with Crippen molar-refractivity contribution < 1.29 is 9.53 Å². The van der Waals surface area contributed by atoms with Gasteiger partial charge < -0.3 is 9.64 Å². The lowest BCUT2D eigenvalue weighted by Gasteiger charge is -2.21. The minimum Gasteiger partial charge on any atom is -0.497 e. The quantitative estimate of drug-likeness (QED) is 0.333. The van der Waals surface area contributed by atoms with Crippen LogP contribution in [0.5, 0.6) is 5.75 Å². The number of hydrogen-bond donors (Lipinski definition) is 0. The highest BCUT2D eigenvalue weighted by atomic mass is 35.5. The van der Waals surface area contributed by atoms with Crippen LogP contribution >= 0.6 is 35.5 Å². The molecule has 0 N–H and O–H groups in total. The summed E-state index contributed by atoms with van der Waals surface area (Å²) in [5.41, 5.74) is 3.40. The second-order valence-corrected chi connectivity index (χ2v) is 10.0. The predicted molar refractivity (Wildman–Crippen MR) is 140 cm³/mol. The van der Waals surface area contributed by atoms with Crippen molar-refractivity contribution in [3.05, 3.63) is 47.5 Å². The van der Waals surface area contributed by atoms with Gasteiger partial charge in [0.2, 0.25) is 5.91 Å². The minimum absolute atomic E-state index is 0. The molecule has 0 aliphatic rings. The number of anilines is 1. The van der Waals surface area contributed by atoms with Crippen molar-refractivity contribution in [2.45, 2.75) is 31.6 Å². The zero-order valence-corrected chi connectivity index (χ0v) is 21.8. The topological polar surface area (TPSA) is 45.7 Å². The van der Waals surface area contributed by atoms with Gasteiger partial charge in [0.1, 0.15) is 5.75 Å². The number of aryl methyl sites for hydroxylation is 2. The zero-order chi connectivity index (χ0) is 22.4. The van der Waals surface area contributed by atoms with Crippen molar-refractivity contribution in [2.75, 3.05) is 44.9 Å². The fourth-order valence-electron chi connectivity index (χ4n) is 3.42. The van der Waals surface area contributed by atoms with Crippen LogP contribution in [0.1, 0.15) is 24.0 Å². The van der Waals surface area contributed by atoms with E-state index in [9.17, 15) is 4.79 Å². The maximum absolute atomic E-state index is 13.2. The monoisotopic (exact) mass is 493 g/mol. The summed E-state index contributed by atoms with van der Waals surface area (Å²) in [6, 6.07) is 12.2. The number of benzene rings is 2. The van der Waals surface area contributed by atoms with E-state index in [1.54, 1.807) is 30.2 Å². The zero-order valence-electron chi connectivity index (χ0n) is 19.4. The molecule has 174 valence electrons. The molecule has 8 heteroatoms. The highest BCUT2D eigenvalue weighted by Gasteiger charge is 2.20. The van der Waals surface area contributed by atoms with Crippen LogP contribution in [-0.2, 0) is 4.79 Å². The minimum atomic E-state index is 0. The second kappa shape index (κ2) is 12.4. The summed E-state index contributed by atoms with van der Waals surface area (Å²) in [5.74, 6) is 1.71. The van der Waals surface area contributed by atoms with Gasteiger partial charge in [0, 0.05) is 23.6 Å². The lowest BCUT2D eigenvalue weighted by Crippen LogP contribution is -2.33. The first-order valence-electron chi connectivity index (χ1n) is 10.5. The third-order valence-electron chi connectivity index (χ3n) is 4.97. The summed E-state index contributed by atoms with van der Waals surface area (Å²) in [6.07, 6.45) is 1.39. The number of ether oxygens (including phenoxy) is 1. The maximum atomic E-state index is 13.2. The van der Waals surface area contributed by atoms with Crippen LogP contribution in [0.3, 0.4) is 0 Å². The Balaban J connectivity index is 0.00000363. The van der Waals surface area contributed by atoms with Crippen LogP contribution in [0.25, 0.3) is 10.2 Å². The molecule has 0 saturated heterocycles. The summed E-state index contributed by atoms with van der Waals surface area (Å²) in [4.78, 5) is 23.2. The van der Waals surface area contributed by atoms with E-state index < -0.39 is 0 Å². The highest BCUT2D eigenvalue weighted by molar-refractivity contribution is 7.99. The molecule has 0 saturated carbocycles. The van der Waals surface area contributed by atoms with Crippen molar-refractivity contribution >= 4 is 56.8 Å². The van der Waals surface area contributed by atoms with E-state index >= 15 is 0 Å². The third kappa shape index (κ3) is 7.10. The molecule has 0 bridgehead atoms. The molecule has 0 aliphatic carbocycles. The maximum Gasteiger partial charge on any atom is 0.229 e. The number of thiazole rings is 1. The van der Waals surface area contributed by atoms with Crippen molar-refractivity contribution in [2.24, 2.45) is 0 Å². The van der Waals surface area contributed by atoms with Gasteiger partial charge >= 0.3 is 0 Å². The van der Waals surface area contributed by atoms with E-state index in [0.717, 1.165) is 40.0 Å². The molecule has 0 fully saturated rings. The van der Waals surface area contributed by atoms with Crippen LogP contribution in [-0.4, -0.2) is 55.8 Å². The van der Waals surface area contributed by atoms with Crippen LogP contribution < -0.4 is 9.64 Å². The Morgan fingerprint density at radius 1 is 1.12 bits per heavy atom. The van der Waals surface area contributed by atoms with Crippen LogP contribution in [0.15, 0.2) is 41.3 Å². The summed E-state index contributed by atoms with van der Waals surface area (Å²) in [7, 11) is 5.78. The lowest BCUT2D eigenvalue weighted by atomic mass is 10.1. The van der Waals surface area contributed by atoms with Crippen molar-refractivity contribution in [3.63, 3.8) is 0 Å². The Morgan fingerprint density at radius 2 is 1.84 bits per heavy atom. The first-order valence-corrected chi connectivity index (χ1v) is 12.3. The van der Waals surface area contributed by atoms with Gasteiger partial charge in [-0.25, -0.2) is 4.98 Å². The van der Waals surface area contributed by atoms with Crippen molar-refractivity contribution in [1.29, 1.82) is 0 Å². The Kier molecular flexibility index (Phi) is 10.3. The van der Waals surface area contributed by atoms with E-state index in [0.29, 0.717) is 13.0 Å². The predicted octanol–water partition coefficient (Wildman–Crippen LogP) is 5.81. The van der Waals surface area contributed by atoms with Crippen LogP contribution in [0, 0.1) is 13.8 Å². The lowest BCUT2D eigenvalue weighted by molar-refractivity contribution is -0.118. The highest BCUT2D eigenvalue weighted by Crippen LogP contribution is 2.33. The number of thioether (sulfide) groups is 1. The van der Waals surface area contributed by atoms with Crippen molar-refractivity contribution in [3.8, 4) is 5.75 Å². The molecule has 0 atom stereocenters. The summed E-state index contributed by atoms with van der Waals surface area (Å²) < 4.78 is 6.37. The summed E-state index contributed by atoms with van der Waals surface area (Å²) in [6.45, 7) is 5.82. The largest absolute Gasteiger partial charge is 0.497 e. The Bertz CT molecular complexity index is 1020. The molecule has 3 aromatic rings. The number of hydrogen-bond acceptors (Lipinski definition) is 6. The molecule has 32 heavy (non-hydrogen) atoms. The molecule has 5 nitrogen and oxygen atoms in total. The van der Waals surface area contributed by atoms with Gasteiger partial charge in [0.05, 0.1) is 17.3 Å². The number of carbonyl (C=O) groups is 1. The molecule has 0 unspecified atom stereocenters. The average Bonchev–Trinajstić information content (AvgIpc) is 3.15. The number of carbonyl (C=O) groups excluding carboxylic acids is 1. The molecule has 1 heterocycles. The molecule has 2 aromatic carbocycles. The third-order valence-corrected chi connectivity index (χ3v) is 7.22. The number of aromatic nitrogens is 1. The molecule has 0 spiro atoms. The Morgan fingerprint density at radius 3 is 2.50 bits per heavy atom. The molecule has 1 amide bonds. The first-order chi connectivity index (χ1) is 14.9. The van der Waals surface area contributed by atoms with Crippen molar-refractivity contribution in [1.82, 2.24) is 9.88 Å². The summed E-state index contributed by atoms with van der Waals surface area (Å²) in [5, 5.41) is 0.807. The fraction of sp³-hybridized carbons (Fsp3) is 0.417. The van der Waals surface area contributed by atoms with Gasteiger partial charge in [0.15, 0.2) is 5.13 Å².